The van der Waals surface area contributed by atoms with E-state index in [1.165, 1.54) is 31.2 Å². The van der Waals surface area contributed by atoms with Gasteiger partial charge >= 0.3 is 0 Å². The van der Waals surface area contributed by atoms with E-state index in [1.54, 1.807) is 0 Å². The fraction of sp³-hybridized carbons (Fsp3) is 0.647. The van der Waals surface area contributed by atoms with Crippen LogP contribution >= 0.6 is 11.6 Å². The third kappa shape index (κ3) is 5.54. The van der Waals surface area contributed by atoms with Crippen LogP contribution in [0.2, 0.25) is 5.02 Å². The van der Waals surface area contributed by atoms with E-state index in [-0.39, 0.29) is 0 Å². The van der Waals surface area contributed by atoms with Crippen molar-refractivity contribution in [2.24, 2.45) is 5.92 Å². The normalized spacial score (nSPS) is 12.9. The van der Waals surface area contributed by atoms with Gasteiger partial charge in [0.15, 0.2) is 0 Å². The summed E-state index contributed by atoms with van der Waals surface area (Å²) in [7, 11) is 0. The molecule has 0 aliphatic rings. The first-order valence-corrected chi connectivity index (χ1v) is 8.05. The zero-order valence-corrected chi connectivity index (χ0v) is 13.3. The van der Waals surface area contributed by atoms with Crippen molar-refractivity contribution in [1.82, 2.24) is 5.32 Å². The Balaban J connectivity index is 2.76. The Kier molecular flexibility index (Phi) is 8.16. The van der Waals surface area contributed by atoms with Crippen molar-refractivity contribution in [3.63, 3.8) is 0 Å². The minimum atomic E-state index is 0.533. The highest BCUT2D eigenvalue weighted by Gasteiger charge is 2.18. The van der Waals surface area contributed by atoms with Crippen LogP contribution in [0.4, 0.5) is 0 Å². The molecule has 0 aliphatic heterocycles. The summed E-state index contributed by atoms with van der Waals surface area (Å²) in [6.07, 6.45) is 4.92. The summed E-state index contributed by atoms with van der Waals surface area (Å²) >= 11 is 6.37. The highest BCUT2D eigenvalue weighted by Crippen LogP contribution is 2.31. The first-order chi connectivity index (χ1) is 9.22. The van der Waals surface area contributed by atoms with Crippen molar-refractivity contribution in [3.8, 4) is 0 Å². The minimum Gasteiger partial charge on any atom is -0.316 e. The van der Waals surface area contributed by atoms with Crippen molar-refractivity contribution in [1.29, 1.82) is 0 Å². The second-order valence-corrected chi connectivity index (χ2v) is 5.75. The van der Waals surface area contributed by atoms with E-state index in [9.17, 15) is 0 Å². The van der Waals surface area contributed by atoms with Crippen LogP contribution in [0.3, 0.4) is 0 Å². The molecule has 0 bridgehead atoms. The largest absolute Gasteiger partial charge is 0.316 e. The van der Waals surface area contributed by atoms with Gasteiger partial charge in [-0.25, -0.2) is 0 Å². The van der Waals surface area contributed by atoms with E-state index in [0.717, 1.165) is 24.0 Å². The molecule has 2 heteroatoms. The van der Waals surface area contributed by atoms with E-state index in [2.05, 4.69) is 38.2 Å². The molecule has 1 atom stereocenters. The van der Waals surface area contributed by atoms with E-state index < -0.39 is 0 Å². The fourth-order valence-electron chi connectivity index (χ4n) is 2.60. The topological polar surface area (TPSA) is 12.0 Å². The van der Waals surface area contributed by atoms with Gasteiger partial charge in [-0.05, 0) is 42.9 Å². The Morgan fingerprint density at radius 3 is 2.37 bits per heavy atom. The number of hydrogen-bond donors (Lipinski definition) is 1. The molecule has 0 aromatic heterocycles. The van der Waals surface area contributed by atoms with Crippen LogP contribution in [0, 0.1) is 5.92 Å². The number of rotatable bonds is 9. The molecule has 0 amide bonds. The van der Waals surface area contributed by atoms with Gasteiger partial charge in [-0.1, -0.05) is 63.4 Å². The molecule has 1 N–H and O–H groups in total. The second kappa shape index (κ2) is 9.39. The van der Waals surface area contributed by atoms with Gasteiger partial charge in [0, 0.05) is 11.6 Å². The average molecular weight is 282 g/mol. The zero-order chi connectivity index (χ0) is 14.1. The number of nitrogens with one attached hydrogen (secondary N) is 1. The molecule has 0 spiro atoms. The van der Waals surface area contributed by atoms with Crippen LogP contribution in [-0.2, 0) is 0 Å². The molecule has 1 nitrogen and oxygen atoms in total. The highest BCUT2D eigenvalue weighted by molar-refractivity contribution is 6.31. The van der Waals surface area contributed by atoms with Crippen LogP contribution in [0.5, 0.6) is 0 Å². The van der Waals surface area contributed by atoms with E-state index in [1.807, 2.05) is 12.1 Å². The molecule has 19 heavy (non-hydrogen) atoms. The number of benzene rings is 1. The molecule has 108 valence electrons. The van der Waals surface area contributed by atoms with Crippen LogP contribution in [-0.4, -0.2) is 13.1 Å². The van der Waals surface area contributed by atoms with Gasteiger partial charge in [0.05, 0.1) is 0 Å². The first-order valence-electron chi connectivity index (χ1n) is 7.67. The molecule has 1 rings (SSSR count). The molecular weight excluding hydrogens is 254 g/mol. The van der Waals surface area contributed by atoms with Crippen LogP contribution in [0.15, 0.2) is 24.3 Å². The summed E-state index contributed by atoms with van der Waals surface area (Å²) in [5.41, 5.74) is 1.31. The van der Waals surface area contributed by atoms with E-state index >= 15 is 0 Å². The molecular formula is C17H28ClN. The Hall–Kier alpha value is -0.530. The van der Waals surface area contributed by atoms with Crippen LogP contribution in [0.25, 0.3) is 0 Å². The Labute approximate surface area is 123 Å². The SMILES string of the molecule is CCCNCC(CC(CC)CC)c1ccccc1Cl. The fourth-order valence-corrected chi connectivity index (χ4v) is 2.89. The minimum absolute atomic E-state index is 0.533. The van der Waals surface area contributed by atoms with Crippen molar-refractivity contribution in [3.05, 3.63) is 34.9 Å². The van der Waals surface area contributed by atoms with Crippen LogP contribution in [0.1, 0.15) is 57.9 Å². The maximum Gasteiger partial charge on any atom is 0.0441 e. The number of hydrogen-bond acceptors (Lipinski definition) is 1. The maximum absolute atomic E-state index is 6.37. The van der Waals surface area contributed by atoms with Gasteiger partial charge in [0.2, 0.25) is 0 Å². The summed E-state index contributed by atoms with van der Waals surface area (Å²) in [4.78, 5) is 0. The smallest absolute Gasteiger partial charge is 0.0441 e. The van der Waals surface area contributed by atoms with Crippen molar-refractivity contribution >= 4 is 11.6 Å². The summed E-state index contributed by atoms with van der Waals surface area (Å²) < 4.78 is 0. The van der Waals surface area contributed by atoms with E-state index in [4.69, 9.17) is 11.6 Å². The lowest BCUT2D eigenvalue weighted by Crippen LogP contribution is -2.24. The van der Waals surface area contributed by atoms with Crippen molar-refractivity contribution < 1.29 is 0 Å². The van der Waals surface area contributed by atoms with Gasteiger partial charge in [0.1, 0.15) is 0 Å². The third-order valence-corrected chi connectivity index (χ3v) is 4.28. The van der Waals surface area contributed by atoms with Crippen LogP contribution < -0.4 is 5.32 Å². The Morgan fingerprint density at radius 1 is 1.11 bits per heavy atom. The predicted octanol–water partition coefficient (Wildman–Crippen LogP) is 5.25. The summed E-state index contributed by atoms with van der Waals surface area (Å²) in [5, 5.41) is 4.47. The lowest BCUT2D eigenvalue weighted by Gasteiger charge is -2.23. The summed E-state index contributed by atoms with van der Waals surface area (Å²) in [5.74, 6) is 1.33. The molecule has 1 aromatic rings. The molecule has 1 aromatic carbocycles. The quantitative estimate of drug-likeness (QED) is 0.610. The molecule has 0 radical (unpaired) electrons. The highest BCUT2D eigenvalue weighted by atomic mass is 35.5. The van der Waals surface area contributed by atoms with Gasteiger partial charge in [-0.3, -0.25) is 0 Å². The molecule has 0 fully saturated rings. The maximum atomic E-state index is 6.37. The lowest BCUT2D eigenvalue weighted by molar-refractivity contribution is 0.398. The third-order valence-electron chi connectivity index (χ3n) is 3.94. The second-order valence-electron chi connectivity index (χ2n) is 5.34. The van der Waals surface area contributed by atoms with Gasteiger partial charge in [0.25, 0.3) is 0 Å². The van der Waals surface area contributed by atoms with Crippen molar-refractivity contribution in [2.75, 3.05) is 13.1 Å². The monoisotopic (exact) mass is 281 g/mol. The Bertz CT molecular complexity index is 347. The van der Waals surface area contributed by atoms with Gasteiger partial charge < -0.3 is 5.32 Å². The van der Waals surface area contributed by atoms with Crippen molar-refractivity contribution in [2.45, 2.75) is 52.4 Å². The molecule has 0 saturated carbocycles. The molecule has 0 heterocycles. The summed E-state index contributed by atoms with van der Waals surface area (Å²) in [6.45, 7) is 8.91. The Morgan fingerprint density at radius 2 is 1.79 bits per heavy atom. The zero-order valence-electron chi connectivity index (χ0n) is 12.6. The molecule has 0 saturated heterocycles. The first kappa shape index (κ1) is 16.5. The van der Waals surface area contributed by atoms with E-state index in [0.29, 0.717) is 5.92 Å². The predicted molar refractivity (Wildman–Crippen MR) is 86.0 cm³/mol. The standard InChI is InChI=1S/C17H28ClN/c1-4-11-19-13-15(12-14(5-2)6-3)16-9-7-8-10-17(16)18/h7-10,14-15,19H,4-6,11-13H2,1-3H3. The van der Waals surface area contributed by atoms with Gasteiger partial charge in [-0.15, -0.1) is 0 Å². The van der Waals surface area contributed by atoms with Gasteiger partial charge in [-0.2, -0.15) is 0 Å². The molecule has 0 aliphatic carbocycles. The number of halogens is 1. The lowest BCUT2D eigenvalue weighted by atomic mass is 9.86. The average Bonchev–Trinajstić information content (AvgIpc) is 2.44. The summed E-state index contributed by atoms with van der Waals surface area (Å²) in [6, 6.07) is 8.31. The molecule has 1 unspecified atom stereocenters.